The molecule has 1 unspecified atom stereocenters. The van der Waals surface area contributed by atoms with Crippen LogP contribution in [-0.4, -0.2) is 35.4 Å². The second-order valence-corrected chi connectivity index (χ2v) is 8.37. The molecule has 0 aliphatic carbocycles. The molecule has 2 aromatic rings. The van der Waals surface area contributed by atoms with Gasteiger partial charge in [0.2, 0.25) is 12.2 Å². The van der Waals surface area contributed by atoms with Crippen LogP contribution in [0.1, 0.15) is 47.0 Å². The van der Waals surface area contributed by atoms with Gasteiger partial charge in [-0.1, -0.05) is 13.0 Å². The van der Waals surface area contributed by atoms with Crippen LogP contribution in [0.25, 0.3) is 0 Å². The van der Waals surface area contributed by atoms with Crippen molar-refractivity contribution in [2.75, 3.05) is 16.8 Å². The van der Waals surface area contributed by atoms with Gasteiger partial charge >= 0.3 is 0 Å². The van der Waals surface area contributed by atoms with Crippen molar-refractivity contribution in [1.82, 2.24) is 10.3 Å². The van der Waals surface area contributed by atoms with Gasteiger partial charge in [0, 0.05) is 25.1 Å². The Hall–Kier alpha value is -2.87. The predicted molar refractivity (Wildman–Crippen MR) is 116 cm³/mol. The number of nitrogens with one attached hydrogen (secondary N) is 2. The molecule has 4 rings (SSSR count). The molecule has 2 aliphatic rings. The number of aryl methyl sites for hydroxylation is 2. The number of amidine groups is 1. The summed E-state index contributed by atoms with van der Waals surface area (Å²) in [5, 5.41) is 9.36. The maximum absolute atomic E-state index is 12.8. The first kappa shape index (κ1) is 19.4. The first-order chi connectivity index (χ1) is 14.0. The summed E-state index contributed by atoms with van der Waals surface area (Å²) in [7, 11) is 0. The van der Waals surface area contributed by atoms with Gasteiger partial charge in [0.15, 0.2) is 0 Å². The zero-order chi connectivity index (χ0) is 20.5. The minimum absolute atomic E-state index is 0.0367. The third-order valence-electron chi connectivity index (χ3n) is 5.03. The molecule has 2 aliphatic heterocycles. The SMILES string of the molecule is CCCN1C(=O)c2sccc2N2C(CCC(=O)Nc3cc(C)cc(C)c3)=NNC12. The summed E-state index contributed by atoms with van der Waals surface area (Å²) in [6.45, 7) is 6.73. The Morgan fingerprint density at radius 2 is 2.03 bits per heavy atom. The van der Waals surface area contributed by atoms with Gasteiger partial charge in [0.05, 0.1) is 5.69 Å². The Labute approximate surface area is 174 Å². The lowest BCUT2D eigenvalue weighted by Crippen LogP contribution is -2.58. The maximum atomic E-state index is 12.8. The molecular weight excluding hydrogens is 386 g/mol. The molecule has 8 heteroatoms. The first-order valence-corrected chi connectivity index (χ1v) is 10.7. The zero-order valence-electron chi connectivity index (χ0n) is 16.9. The average Bonchev–Trinajstić information content (AvgIpc) is 3.29. The molecule has 1 aromatic heterocycles. The fourth-order valence-corrected chi connectivity index (χ4v) is 4.73. The molecule has 1 atom stereocenters. The fraction of sp³-hybridized carbons (Fsp3) is 0.381. The molecule has 0 fully saturated rings. The molecule has 0 saturated carbocycles. The van der Waals surface area contributed by atoms with Gasteiger partial charge < -0.3 is 5.32 Å². The number of amides is 2. The third-order valence-corrected chi connectivity index (χ3v) is 5.92. The van der Waals surface area contributed by atoms with Crippen LogP contribution >= 0.6 is 11.3 Å². The number of thiophene rings is 1. The van der Waals surface area contributed by atoms with Crippen LogP contribution in [0.2, 0.25) is 0 Å². The number of fused-ring (bicyclic) bond motifs is 3. The van der Waals surface area contributed by atoms with Crippen LogP contribution in [0, 0.1) is 13.8 Å². The Kier molecular flexibility index (Phi) is 5.27. The van der Waals surface area contributed by atoms with Crippen molar-refractivity contribution in [2.24, 2.45) is 5.10 Å². The number of nitrogens with zero attached hydrogens (tertiary/aromatic N) is 3. The number of rotatable bonds is 6. The smallest absolute Gasteiger partial charge is 0.269 e. The Bertz CT molecular complexity index is 963. The van der Waals surface area contributed by atoms with E-state index in [2.05, 4.69) is 28.8 Å². The van der Waals surface area contributed by atoms with E-state index in [0.29, 0.717) is 19.4 Å². The maximum Gasteiger partial charge on any atom is 0.269 e. The summed E-state index contributed by atoms with van der Waals surface area (Å²) in [4.78, 5) is 29.9. The summed E-state index contributed by atoms with van der Waals surface area (Å²) in [6, 6.07) is 7.96. The van der Waals surface area contributed by atoms with Crippen LogP contribution in [0.4, 0.5) is 11.4 Å². The third kappa shape index (κ3) is 3.72. The monoisotopic (exact) mass is 411 g/mol. The molecule has 2 amide bonds. The highest BCUT2D eigenvalue weighted by molar-refractivity contribution is 7.12. The summed E-state index contributed by atoms with van der Waals surface area (Å²) in [5.74, 6) is 0.763. The van der Waals surface area contributed by atoms with Gasteiger partial charge in [-0.3, -0.25) is 24.8 Å². The van der Waals surface area contributed by atoms with Crippen molar-refractivity contribution in [2.45, 2.75) is 46.3 Å². The highest BCUT2D eigenvalue weighted by Crippen LogP contribution is 2.36. The minimum Gasteiger partial charge on any atom is -0.326 e. The number of hydrogen-bond acceptors (Lipinski definition) is 6. The van der Waals surface area contributed by atoms with Crippen molar-refractivity contribution >= 4 is 40.4 Å². The summed E-state index contributed by atoms with van der Waals surface area (Å²) in [6.07, 6.45) is 1.36. The van der Waals surface area contributed by atoms with Crippen molar-refractivity contribution in [3.05, 3.63) is 45.6 Å². The lowest BCUT2D eigenvalue weighted by molar-refractivity contribution is -0.116. The quantitative estimate of drug-likeness (QED) is 0.761. The van der Waals surface area contributed by atoms with E-state index in [9.17, 15) is 9.59 Å². The number of anilines is 2. The van der Waals surface area contributed by atoms with E-state index < -0.39 is 0 Å². The van der Waals surface area contributed by atoms with Gasteiger partial charge in [-0.15, -0.1) is 11.3 Å². The largest absolute Gasteiger partial charge is 0.326 e. The van der Waals surface area contributed by atoms with Gasteiger partial charge in [0.25, 0.3) is 5.91 Å². The lowest BCUT2D eigenvalue weighted by atomic mass is 10.1. The Morgan fingerprint density at radius 1 is 1.28 bits per heavy atom. The normalized spacial score (nSPS) is 17.6. The van der Waals surface area contributed by atoms with Crippen molar-refractivity contribution < 1.29 is 9.59 Å². The molecule has 2 N–H and O–H groups in total. The van der Waals surface area contributed by atoms with E-state index in [1.54, 1.807) is 0 Å². The summed E-state index contributed by atoms with van der Waals surface area (Å²) in [5.41, 5.74) is 7.00. The molecule has 1 aromatic carbocycles. The van der Waals surface area contributed by atoms with Gasteiger partial charge in [-0.2, -0.15) is 5.10 Å². The summed E-state index contributed by atoms with van der Waals surface area (Å²) >= 11 is 1.45. The van der Waals surface area contributed by atoms with Crippen LogP contribution in [0.5, 0.6) is 0 Å². The van der Waals surface area contributed by atoms with E-state index in [1.807, 2.05) is 47.2 Å². The zero-order valence-corrected chi connectivity index (χ0v) is 17.7. The van der Waals surface area contributed by atoms with Crippen LogP contribution < -0.4 is 15.6 Å². The van der Waals surface area contributed by atoms with E-state index in [-0.39, 0.29) is 18.1 Å². The number of carbonyl (C=O) groups excluding carboxylic acids is 2. The number of hydrazone groups is 1. The van der Waals surface area contributed by atoms with E-state index in [1.165, 1.54) is 11.3 Å². The van der Waals surface area contributed by atoms with Crippen molar-refractivity contribution in [1.29, 1.82) is 0 Å². The van der Waals surface area contributed by atoms with Crippen LogP contribution in [-0.2, 0) is 4.79 Å². The van der Waals surface area contributed by atoms with Crippen LogP contribution in [0.15, 0.2) is 34.7 Å². The van der Waals surface area contributed by atoms with Crippen molar-refractivity contribution in [3.8, 4) is 0 Å². The van der Waals surface area contributed by atoms with E-state index in [4.69, 9.17) is 0 Å². The number of hydrogen-bond donors (Lipinski definition) is 2. The highest BCUT2D eigenvalue weighted by atomic mass is 32.1. The topological polar surface area (TPSA) is 77.0 Å². The van der Waals surface area contributed by atoms with Gasteiger partial charge in [0.1, 0.15) is 10.7 Å². The molecule has 0 saturated heterocycles. The minimum atomic E-state index is -0.318. The van der Waals surface area contributed by atoms with Crippen LogP contribution in [0.3, 0.4) is 0 Å². The fourth-order valence-electron chi connectivity index (χ4n) is 3.90. The molecule has 3 heterocycles. The standard InChI is InChI=1S/C21H25N5O2S/c1-4-8-25-20(28)19-16(7-9-29-19)26-17(23-24-21(25)26)5-6-18(27)22-15-11-13(2)10-14(3)12-15/h7,9-12,21,24H,4-6,8H2,1-3H3,(H,22,27). The highest BCUT2D eigenvalue weighted by Gasteiger charge is 2.43. The summed E-state index contributed by atoms with van der Waals surface area (Å²) < 4.78 is 0. The molecule has 0 bridgehead atoms. The molecule has 7 nitrogen and oxygen atoms in total. The van der Waals surface area contributed by atoms with E-state index >= 15 is 0 Å². The Morgan fingerprint density at radius 3 is 2.76 bits per heavy atom. The molecule has 0 radical (unpaired) electrons. The second-order valence-electron chi connectivity index (χ2n) is 7.46. The second kappa shape index (κ2) is 7.87. The predicted octanol–water partition coefficient (Wildman–Crippen LogP) is 3.66. The van der Waals surface area contributed by atoms with Crippen molar-refractivity contribution in [3.63, 3.8) is 0 Å². The average molecular weight is 412 g/mol. The van der Waals surface area contributed by atoms with Gasteiger partial charge in [-0.25, -0.2) is 0 Å². The first-order valence-electron chi connectivity index (χ1n) is 9.86. The van der Waals surface area contributed by atoms with E-state index in [0.717, 1.165) is 39.6 Å². The molecule has 29 heavy (non-hydrogen) atoms. The Balaban J connectivity index is 1.46. The molecule has 152 valence electrons. The number of carbonyl (C=O) groups is 2. The van der Waals surface area contributed by atoms with Gasteiger partial charge in [-0.05, 0) is 55.0 Å². The number of benzene rings is 1. The lowest BCUT2D eigenvalue weighted by Gasteiger charge is -2.39. The molecule has 0 spiro atoms. The molecular formula is C21H25N5O2S.